The van der Waals surface area contributed by atoms with Gasteiger partial charge in [0.15, 0.2) is 0 Å². The van der Waals surface area contributed by atoms with Gasteiger partial charge < -0.3 is 30.7 Å². The van der Waals surface area contributed by atoms with Gasteiger partial charge >= 0.3 is 13.5 Å². The molecule has 0 saturated carbocycles. The molecule has 1 aromatic heterocycles. The average molecular weight is 495 g/mol. The Morgan fingerprint density at radius 2 is 2.16 bits per heavy atom. The average Bonchev–Trinajstić information content (AvgIpc) is 3.04. The standard InChI is InChI=1S/C17H27N4O7PS2/c1-17(2,3)31-30-10-26-12-7-14(28-13(12)9-27-29(23,24)25)21-8-11(5-4-6-18)15(19)20-16(21)22/h8,12-14H,6-7,9-10,18H2,1-3H3,(H2,19,20,22)(H2,23,24,25)/t12?,13-,14-/m1/s1. The first-order valence-corrected chi connectivity index (χ1v) is 13.1. The van der Waals surface area contributed by atoms with Crippen LogP contribution in [-0.4, -0.2) is 55.4 Å². The summed E-state index contributed by atoms with van der Waals surface area (Å²) < 4.78 is 28.7. The van der Waals surface area contributed by atoms with E-state index in [1.165, 1.54) is 21.6 Å². The van der Waals surface area contributed by atoms with Crippen LogP contribution in [0.1, 0.15) is 39.0 Å². The molecule has 31 heavy (non-hydrogen) atoms. The van der Waals surface area contributed by atoms with Gasteiger partial charge in [-0.05, 0) is 0 Å². The fourth-order valence-corrected chi connectivity index (χ4v) is 4.96. The van der Waals surface area contributed by atoms with Crippen molar-refractivity contribution >= 4 is 35.2 Å². The molecule has 2 heterocycles. The van der Waals surface area contributed by atoms with E-state index < -0.39 is 38.6 Å². The molecule has 1 aliphatic rings. The second-order valence-electron chi connectivity index (χ2n) is 7.52. The van der Waals surface area contributed by atoms with Gasteiger partial charge in [0, 0.05) is 17.4 Å². The molecule has 6 N–H and O–H groups in total. The van der Waals surface area contributed by atoms with E-state index in [2.05, 4.69) is 42.1 Å². The predicted molar refractivity (Wildman–Crippen MR) is 120 cm³/mol. The Balaban J connectivity index is 2.17. The third-order valence-corrected chi connectivity index (χ3v) is 7.32. The van der Waals surface area contributed by atoms with E-state index in [0.717, 1.165) is 0 Å². The molecule has 3 atom stereocenters. The molecular formula is C17H27N4O7PS2. The number of nitrogens with zero attached hydrogens (tertiary/aromatic N) is 2. The number of nitrogens with two attached hydrogens (primary N) is 2. The summed E-state index contributed by atoms with van der Waals surface area (Å²) in [6.45, 7) is 5.92. The lowest BCUT2D eigenvalue weighted by Crippen LogP contribution is -2.29. The van der Waals surface area contributed by atoms with E-state index in [0.29, 0.717) is 11.5 Å². The number of phosphoric acid groups is 1. The molecule has 0 radical (unpaired) electrons. The first-order chi connectivity index (χ1) is 14.4. The molecule has 0 spiro atoms. The second-order valence-corrected chi connectivity index (χ2v) is 11.8. The zero-order chi connectivity index (χ0) is 23.2. The maximum absolute atomic E-state index is 12.4. The van der Waals surface area contributed by atoms with E-state index in [1.54, 1.807) is 10.8 Å². The second kappa shape index (κ2) is 11.2. The zero-order valence-corrected chi connectivity index (χ0v) is 19.9. The van der Waals surface area contributed by atoms with Crippen LogP contribution < -0.4 is 17.2 Å². The summed E-state index contributed by atoms with van der Waals surface area (Å²) >= 11 is 0. The molecule has 11 nitrogen and oxygen atoms in total. The lowest BCUT2D eigenvalue weighted by molar-refractivity contribution is -0.0544. The smallest absolute Gasteiger partial charge is 0.382 e. The van der Waals surface area contributed by atoms with Crippen LogP contribution in [0.25, 0.3) is 0 Å². The Labute approximate surface area is 188 Å². The number of hydrogen-bond donors (Lipinski definition) is 4. The van der Waals surface area contributed by atoms with Gasteiger partial charge in [0.2, 0.25) is 0 Å². The lowest BCUT2D eigenvalue weighted by Gasteiger charge is -2.20. The van der Waals surface area contributed by atoms with E-state index in [1.807, 2.05) is 0 Å². The summed E-state index contributed by atoms with van der Waals surface area (Å²) in [4.78, 5) is 34.2. The fourth-order valence-electron chi connectivity index (χ4n) is 2.61. The maximum atomic E-state index is 12.4. The third-order valence-electron chi connectivity index (χ3n) is 3.84. The zero-order valence-electron chi connectivity index (χ0n) is 17.4. The topological polar surface area (TPSA) is 172 Å². The van der Waals surface area contributed by atoms with Gasteiger partial charge in [-0.25, -0.2) is 9.36 Å². The van der Waals surface area contributed by atoms with Crippen LogP contribution >= 0.6 is 29.4 Å². The molecule has 0 aliphatic carbocycles. The minimum absolute atomic E-state index is 0.0232. The maximum Gasteiger partial charge on any atom is 0.469 e. The third kappa shape index (κ3) is 8.76. The van der Waals surface area contributed by atoms with E-state index in [9.17, 15) is 9.36 Å². The van der Waals surface area contributed by atoms with Gasteiger partial charge in [-0.15, -0.1) is 0 Å². The number of anilines is 1. The van der Waals surface area contributed by atoms with Crippen molar-refractivity contribution in [3.8, 4) is 11.8 Å². The van der Waals surface area contributed by atoms with Crippen LogP contribution in [0, 0.1) is 11.8 Å². The first-order valence-electron chi connectivity index (χ1n) is 9.25. The van der Waals surface area contributed by atoms with Crippen LogP contribution in [-0.2, 0) is 18.6 Å². The van der Waals surface area contributed by atoms with Crippen LogP contribution in [0.5, 0.6) is 0 Å². The number of aromatic nitrogens is 2. The number of hydrogen-bond acceptors (Lipinski definition) is 10. The summed E-state index contributed by atoms with van der Waals surface area (Å²) in [7, 11) is -1.56. The Morgan fingerprint density at radius 1 is 1.45 bits per heavy atom. The van der Waals surface area contributed by atoms with Crippen molar-refractivity contribution in [2.75, 3.05) is 24.8 Å². The molecular weight excluding hydrogens is 467 g/mol. The van der Waals surface area contributed by atoms with E-state index >= 15 is 0 Å². The van der Waals surface area contributed by atoms with Crippen molar-refractivity contribution in [1.82, 2.24) is 9.55 Å². The monoisotopic (exact) mass is 494 g/mol. The van der Waals surface area contributed by atoms with Crippen molar-refractivity contribution < 1.29 is 28.3 Å². The molecule has 1 aliphatic heterocycles. The first kappa shape index (κ1) is 26.2. The van der Waals surface area contributed by atoms with Crippen LogP contribution in [0.2, 0.25) is 0 Å². The molecule has 174 valence electrons. The number of nitrogen functional groups attached to an aromatic ring is 1. The normalized spacial score (nSPS) is 21.7. The van der Waals surface area contributed by atoms with Gasteiger partial charge in [-0.1, -0.05) is 54.2 Å². The summed E-state index contributed by atoms with van der Waals surface area (Å²) in [6.07, 6.45) is -0.500. The number of rotatable bonds is 8. The Hall–Kier alpha value is -1.07. The molecule has 0 bridgehead atoms. The minimum Gasteiger partial charge on any atom is -0.382 e. The predicted octanol–water partition coefficient (Wildman–Crippen LogP) is 1.06. The van der Waals surface area contributed by atoms with Crippen molar-refractivity contribution in [2.45, 2.75) is 50.4 Å². The van der Waals surface area contributed by atoms with Crippen molar-refractivity contribution in [1.29, 1.82) is 0 Å². The van der Waals surface area contributed by atoms with Crippen LogP contribution in [0.15, 0.2) is 11.0 Å². The van der Waals surface area contributed by atoms with E-state index in [-0.39, 0.29) is 23.5 Å². The Morgan fingerprint density at radius 3 is 2.77 bits per heavy atom. The minimum atomic E-state index is -4.70. The molecule has 2 rings (SSSR count). The quantitative estimate of drug-likeness (QED) is 0.133. The SMILES string of the molecule is CC(C)(C)SSCOC1C[C@H](n2cc(C#CCN)c(N)nc2=O)O[C@@H]1COP(=O)(O)O. The fraction of sp³-hybridized carbons (Fsp3) is 0.647. The summed E-state index contributed by atoms with van der Waals surface area (Å²) in [5.74, 6) is 5.69. The summed E-state index contributed by atoms with van der Waals surface area (Å²) in [6, 6.07) is 0. The molecule has 1 saturated heterocycles. The molecule has 0 amide bonds. The molecule has 1 fully saturated rings. The molecule has 1 unspecified atom stereocenters. The number of ether oxygens (including phenoxy) is 2. The van der Waals surface area contributed by atoms with Crippen molar-refractivity contribution in [2.24, 2.45) is 5.73 Å². The van der Waals surface area contributed by atoms with Crippen molar-refractivity contribution in [3.05, 3.63) is 22.2 Å². The summed E-state index contributed by atoms with van der Waals surface area (Å²) in [5.41, 5.74) is 10.8. The largest absolute Gasteiger partial charge is 0.469 e. The molecule has 0 aromatic carbocycles. The van der Waals surface area contributed by atoms with Crippen LogP contribution in [0.3, 0.4) is 0 Å². The van der Waals surface area contributed by atoms with Crippen LogP contribution in [0.4, 0.5) is 5.82 Å². The van der Waals surface area contributed by atoms with E-state index in [4.69, 9.17) is 30.7 Å². The highest BCUT2D eigenvalue weighted by molar-refractivity contribution is 8.77. The van der Waals surface area contributed by atoms with Gasteiger partial charge in [-0.2, -0.15) is 4.98 Å². The highest BCUT2D eigenvalue weighted by Gasteiger charge is 2.39. The lowest BCUT2D eigenvalue weighted by atomic mass is 10.2. The Bertz CT molecular complexity index is 922. The highest BCUT2D eigenvalue weighted by atomic mass is 33.1. The van der Waals surface area contributed by atoms with Gasteiger partial charge in [0.1, 0.15) is 24.1 Å². The highest BCUT2D eigenvalue weighted by Crippen LogP contribution is 2.40. The van der Waals surface area contributed by atoms with Gasteiger partial charge in [-0.3, -0.25) is 9.09 Å². The van der Waals surface area contributed by atoms with Gasteiger partial charge in [0.25, 0.3) is 0 Å². The Kier molecular flexibility index (Phi) is 9.44. The number of phosphoric ester groups is 1. The molecule has 1 aromatic rings. The van der Waals surface area contributed by atoms with Crippen molar-refractivity contribution in [3.63, 3.8) is 0 Å². The molecule has 14 heteroatoms. The van der Waals surface area contributed by atoms with Gasteiger partial charge in [0.05, 0.1) is 24.8 Å². The summed E-state index contributed by atoms with van der Waals surface area (Å²) in [5, 5.41) is 0.